The minimum Gasteiger partial charge on any atom is -0.340 e. The maximum absolute atomic E-state index is 12.7. The van der Waals surface area contributed by atoms with Gasteiger partial charge in [0.15, 0.2) is 4.96 Å². The smallest absolute Gasteiger partial charge is 0.258 e. The number of fused-ring (bicyclic) bond motifs is 2. The zero-order valence-electron chi connectivity index (χ0n) is 16.3. The lowest BCUT2D eigenvalue weighted by molar-refractivity contribution is -0.132. The number of piperazine rings is 1. The third kappa shape index (κ3) is 3.84. The average Bonchev–Trinajstić information content (AvgIpc) is 3.37. The number of thiazole rings is 1. The van der Waals surface area contributed by atoms with E-state index < -0.39 is 0 Å². The Balaban J connectivity index is 1.17. The first-order valence-electron chi connectivity index (χ1n) is 10.2. The van der Waals surface area contributed by atoms with Crippen LogP contribution < -0.4 is 5.56 Å². The van der Waals surface area contributed by atoms with Crippen LogP contribution in [0.4, 0.5) is 0 Å². The van der Waals surface area contributed by atoms with E-state index in [2.05, 4.69) is 28.1 Å². The fourth-order valence-corrected chi connectivity index (χ4v) is 5.11. The maximum atomic E-state index is 12.7. The number of hydrogen-bond acceptors (Lipinski definition) is 5. The zero-order valence-corrected chi connectivity index (χ0v) is 17.2. The normalized spacial score (nSPS) is 17.0. The lowest BCUT2D eigenvalue weighted by Crippen LogP contribution is -2.48. The third-order valence-electron chi connectivity index (χ3n) is 5.99. The van der Waals surface area contributed by atoms with Crippen molar-refractivity contribution < 1.29 is 4.79 Å². The quantitative estimate of drug-likeness (QED) is 0.664. The van der Waals surface area contributed by atoms with E-state index in [-0.39, 0.29) is 11.5 Å². The summed E-state index contributed by atoms with van der Waals surface area (Å²) in [5, 5.41) is 1.87. The van der Waals surface area contributed by atoms with Crippen LogP contribution in [0.25, 0.3) is 4.96 Å². The van der Waals surface area contributed by atoms with Crippen molar-refractivity contribution in [3.63, 3.8) is 0 Å². The number of hydrogen-bond donors (Lipinski definition) is 0. The van der Waals surface area contributed by atoms with Crippen molar-refractivity contribution in [2.75, 3.05) is 26.2 Å². The van der Waals surface area contributed by atoms with Crippen LogP contribution in [0.2, 0.25) is 0 Å². The summed E-state index contributed by atoms with van der Waals surface area (Å²) >= 11 is 1.47. The first-order chi connectivity index (χ1) is 14.2. The largest absolute Gasteiger partial charge is 0.340 e. The molecule has 150 valence electrons. The lowest BCUT2D eigenvalue weighted by Gasteiger charge is -2.34. The Bertz CT molecular complexity index is 1110. The Morgan fingerprint density at radius 3 is 2.76 bits per heavy atom. The predicted molar refractivity (Wildman–Crippen MR) is 113 cm³/mol. The van der Waals surface area contributed by atoms with Crippen molar-refractivity contribution in [1.29, 1.82) is 0 Å². The Morgan fingerprint density at radius 1 is 1.07 bits per heavy atom. The molecule has 29 heavy (non-hydrogen) atoms. The highest BCUT2D eigenvalue weighted by molar-refractivity contribution is 7.15. The number of carbonyl (C=O) groups is 1. The van der Waals surface area contributed by atoms with Gasteiger partial charge in [0.1, 0.15) is 0 Å². The number of carbonyl (C=O) groups excluding carboxylic acids is 1. The summed E-state index contributed by atoms with van der Waals surface area (Å²) in [5.74, 6) is 0.207. The number of aryl methyl sites for hydroxylation is 2. The SMILES string of the molecule is O=C(Cc1ccc2c(c1)CCC2)N1CCN(Cc2cc(=O)n3ccsc3n2)CC1. The molecule has 6 nitrogen and oxygen atoms in total. The molecule has 1 aromatic carbocycles. The molecule has 3 heterocycles. The van der Waals surface area contributed by atoms with Gasteiger partial charge in [-0.3, -0.25) is 18.9 Å². The highest BCUT2D eigenvalue weighted by atomic mass is 32.1. The topological polar surface area (TPSA) is 57.9 Å². The summed E-state index contributed by atoms with van der Waals surface area (Å²) in [6, 6.07) is 8.15. The van der Waals surface area contributed by atoms with Crippen LogP contribution in [0.15, 0.2) is 40.6 Å². The summed E-state index contributed by atoms with van der Waals surface area (Å²) in [6.07, 6.45) is 5.79. The van der Waals surface area contributed by atoms with Gasteiger partial charge in [-0.25, -0.2) is 4.98 Å². The summed E-state index contributed by atoms with van der Waals surface area (Å²) in [7, 11) is 0. The Labute approximate surface area is 173 Å². The van der Waals surface area contributed by atoms with E-state index in [1.54, 1.807) is 16.7 Å². The van der Waals surface area contributed by atoms with E-state index in [0.717, 1.165) is 48.8 Å². The molecule has 0 spiro atoms. The second kappa shape index (κ2) is 7.72. The number of nitrogens with zero attached hydrogens (tertiary/aromatic N) is 4. The number of rotatable bonds is 4. The molecule has 1 fully saturated rings. The third-order valence-corrected chi connectivity index (χ3v) is 6.74. The van der Waals surface area contributed by atoms with Crippen molar-refractivity contribution >= 4 is 22.2 Å². The summed E-state index contributed by atoms with van der Waals surface area (Å²) in [5.41, 5.74) is 4.77. The van der Waals surface area contributed by atoms with Gasteiger partial charge in [0.25, 0.3) is 5.56 Å². The van der Waals surface area contributed by atoms with Crippen LogP contribution in [0.5, 0.6) is 0 Å². The van der Waals surface area contributed by atoms with E-state index in [9.17, 15) is 9.59 Å². The van der Waals surface area contributed by atoms with Crippen molar-refractivity contribution in [3.05, 3.63) is 68.6 Å². The highest BCUT2D eigenvalue weighted by Crippen LogP contribution is 2.23. The van der Waals surface area contributed by atoms with Crippen LogP contribution in [-0.4, -0.2) is 51.3 Å². The van der Waals surface area contributed by atoms with Gasteiger partial charge in [0.05, 0.1) is 12.1 Å². The number of aromatic nitrogens is 2. The van der Waals surface area contributed by atoms with Crippen LogP contribution >= 0.6 is 11.3 Å². The molecule has 0 radical (unpaired) electrons. The van der Waals surface area contributed by atoms with E-state index in [1.807, 2.05) is 10.3 Å². The average molecular weight is 409 g/mol. The first kappa shape index (κ1) is 18.5. The van der Waals surface area contributed by atoms with Gasteiger partial charge in [-0.2, -0.15) is 0 Å². The molecule has 5 rings (SSSR count). The van der Waals surface area contributed by atoms with Gasteiger partial charge in [0.2, 0.25) is 5.91 Å². The first-order valence-corrected chi connectivity index (χ1v) is 11.1. The lowest BCUT2D eigenvalue weighted by atomic mass is 10.0. The van der Waals surface area contributed by atoms with Crippen LogP contribution in [0, 0.1) is 0 Å². The molecule has 0 bridgehead atoms. The molecular formula is C22H24N4O2S. The van der Waals surface area contributed by atoms with E-state index in [4.69, 9.17) is 0 Å². The Hall–Kier alpha value is -2.51. The molecule has 1 aliphatic heterocycles. The van der Waals surface area contributed by atoms with Crippen molar-refractivity contribution in [3.8, 4) is 0 Å². The molecule has 0 atom stereocenters. The van der Waals surface area contributed by atoms with E-state index in [1.165, 1.54) is 35.3 Å². The molecule has 7 heteroatoms. The fourth-order valence-electron chi connectivity index (χ4n) is 4.37. The minimum absolute atomic E-state index is 0.0330. The molecule has 3 aromatic rings. The second-order valence-corrected chi connectivity index (χ2v) is 8.80. The number of amides is 1. The van der Waals surface area contributed by atoms with Gasteiger partial charge in [-0.1, -0.05) is 18.2 Å². The standard InChI is InChI=1S/C22H24N4O2S/c27-20(13-16-4-5-17-2-1-3-18(17)12-16)25-8-6-24(7-9-25)15-19-14-21(28)26-10-11-29-22(26)23-19/h4-5,10-12,14H,1-3,6-9,13,15H2. The second-order valence-electron chi connectivity index (χ2n) is 7.93. The van der Waals surface area contributed by atoms with E-state index >= 15 is 0 Å². The summed E-state index contributed by atoms with van der Waals surface area (Å²) < 4.78 is 1.57. The summed E-state index contributed by atoms with van der Waals surface area (Å²) in [4.78, 5) is 34.4. The molecule has 2 aromatic heterocycles. The Kier molecular flexibility index (Phi) is 4.93. The molecule has 2 aliphatic rings. The molecule has 0 unspecified atom stereocenters. The monoisotopic (exact) mass is 408 g/mol. The molecule has 0 N–H and O–H groups in total. The van der Waals surface area contributed by atoms with E-state index in [0.29, 0.717) is 13.0 Å². The number of benzene rings is 1. The molecular weight excluding hydrogens is 384 g/mol. The molecule has 0 saturated carbocycles. The van der Waals surface area contributed by atoms with Crippen molar-refractivity contribution in [2.24, 2.45) is 0 Å². The maximum Gasteiger partial charge on any atom is 0.258 e. The summed E-state index contributed by atoms with van der Waals surface area (Å²) in [6.45, 7) is 3.72. The molecule has 1 amide bonds. The van der Waals surface area contributed by atoms with Gasteiger partial charge >= 0.3 is 0 Å². The van der Waals surface area contributed by atoms with Gasteiger partial charge in [0, 0.05) is 50.4 Å². The van der Waals surface area contributed by atoms with Crippen LogP contribution in [0.1, 0.15) is 28.8 Å². The zero-order chi connectivity index (χ0) is 19.8. The van der Waals surface area contributed by atoms with Crippen molar-refractivity contribution in [1.82, 2.24) is 19.2 Å². The van der Waals surface area contributed by atoms with Crippen LogP contribution in [-0.2, 0) is 30.6 Å². The van der Waals surface area contributed by atoms with Gasteiger partial charge in [-0.15, -0.1) is 11.3 Å². The Morgan fingerprint density at radius 2 is 1.90 bits per heavy atom. The van der Waals surface area contributed by atoms with Gasteiger partial charge in [-0.05, 0) is 36.0 Å². The predicted octanol–water partition coefficient (Wildman–Crippen LogP) is 2.13. The molecule has 1 aliphatic carbocycles. The molecule has 1 saturated heterocycles. The fraction of sp³-hybridized carbons (Fsp3) is 0.409. The van der Waals surface area contributed by atoms with Crippen LogP contribution in [0.3, 0.4) is 0 Å². The van der Waals surface area contributed by atoms with Crippen molar-refractivity contribution in [2.45, 2.75) is 32.2 Å². The highest BCUT2D eigenvalue weighted by Gasteiger charge is 2.22. The minimum atomic E-state index is -0.0330. The van der Waals surface area contributed by atoms with Gasteiger partial charge < -0.3 is 4.90 Å².